The Labute approximate surface area is 155 Å². The van der Waals surface area contributed by atoms with Crippen molar-refractivity contribution >= 4 is 31.2 Å². The molecule has 5 nitrogen and oxygen atoms in total. The third kappa shape index (κ3) is 3.10. The topological polar surface area (TPSA) is 78.9 Å². The maximum absolute atomic E-state index is 11.3. The molecule has 3 atom stereocenters. The molecule has 4 rings (SSSR count). The lowest BCUT2D eigenvalue weighted by Crippen LogP contribution is -2.01. The van der Waals surface area contributed by atoms with Gasteiger partial charge in [-0.25, -0.2) is 0 Å². The maximum Gasteiger partial charge on any atom is 0.307 e. The van der Waals surface area contributed by atoms with E-state index < -0.39 is 5.97 Å². The summed E-state index contributed by atoms with van der Waals surface area (Å²) in [6.45, 7) is 0. The fourth-order valence-corrected chi connectivity index (χ4v) is 4.43. The van der Waals surface area contributed by atoms with E-state index in [9.17, 15) is 9.90 Å². The molecule has 1 saturated carbocycles. The quantitative estimate of drug-likeness (QED) is 0.680. The van der Waals surface area contributed by atoms with Crippen LogP contribution in [-0.4, -0.2) is 30.8 Å². The average molecular weight is 447 g/mol. The van der Waals surface area contributed by atoms with Gasteiger partial charge in [-0.1, -0.05) is 43.5 Å². The Kier molecular flexibility index (Phi) is 4.37. The minimum absolute atomic E-state index is 0.00459. The minimum Gasteiger partial charge on any atom is -0.481 e. The van der Waals surface area contributed by atoms with Gasteiger partial charge in [-0.05, 0) is 30.5 Å². The summed E-state index contributed by atoms with van der Waals surface area (Å²) in [5.74, 6) is -0.832. The summed E-state index contributed by atoms with van der Waals surface area (Å²) < 4.78 is 5.40. The second-order valence-electron chi connectivity index (χ2n) is 6.34. The van der Waals surface area contributed by atoms with Gasteiger partial charge in [0.15, 0.2) is 0 Å². The van der Waals surface area contributed by atoms with Crippen LogP contribution < -0.4 is 0 Å². The molecule has 0 aromatic carbocycles. The Morgan fingerprint density at radius 2 is 2.16 bits per heavy atom. The molecule has 0 radical (unpaired) electrons. The van der Waals surface area contributed by atoms with E-state index in [1.807, 2.05) is 12.1 Å². The molecule has 6 heteroatoms. The minimum atomic E-state index is -0.736. The first-order chi connectivity index (χ1) is 12.2. The molecule has 0 bridgehead atoms. The van der Waals surface area contributed by atoms with Crippen molar-refractivity contribution in [1.82, 2.24) is 15.2 Å². The molecule has 25 heavy (non-hydrogen) atoms. The summed E-state index contributed by atoms with van der Waals surface area (Å²) in [4.78, 5) is 15.4. The standard InChI is InChI=1S/C19H18IN3O2/c1-20-13-4-2-12(3-5-13)17-16(11-6-8-21-9-7-11)18(23-22-17)14-10-15(14)19(24)25/h2,4-9,12,14-15H,1,3,10H2,(H,22,23)(H,24,25). The highest BCUT2D eigenvalue weighted by atomic mass is 127. The molecule has 0 aliphatic heterocycles. The molecule has 1 fully saturated rings. The Bertz CT molecular complexity index is 885. The van der Waals surface area contributed by atoms with Crippen molar-refractivity contribution in [1.29, 1.82) is 0 Å². The Balaban J connectivity index is 1.74. The number of aromatic amines is 1. The molecule has 2 aliphatic rings. The molecule has 0 saturated heterocycles. The van der Waals surface area contributed by atoms with Gasteiger partial charge in [0.1, 0.15) is 0 Å². The van der Waals surface area contributed by atoms with Crippen molar-refractivity contribution in [2.45, 2.75) is 24.7 Å². The van der Waals surface area contributed by atoms with Crippen molar-refractivity contribution in [3.05, 3.63) is 57.7 Å². The SMILES string of the molecule is C=IC1=CCC(c2[nH]nc(C3CC3C(=O)O)c2-c2ccncc2)C=C1. The number of H-pyrrole nitrogens is 1. The van der Waals surface area contributed by atoms with E-state index in [1.165, 1.54) is 3.58 Å². The van der Waals surface area contributed by atoms with Crippen LogP contribution in [0.15, 0.2) is 46.3 Å². The van der Waals surface area contributed by atoms with Gasteiger partial charge in [-0.2, -0.15) is 5.10 Å². The highest BCUT2D eigenvalue weighted by Gasteiger charge is 2.47. The molecule has 0 spiro atoms. The summed E-state index contributed by atoms with van der Waals surface area (Å²) in [5.41, 5.74) is 4.02. The van der Waals surface area contributed by atoms with Crippen molar-refractivity contribution in [3.63, 3.8) is 0 Å². The first-order valence-electron chi connectivity index (χ1n) is 8.17. The number of nitrogens with zero attached hydrogens (tertiary/aromatic N) is 2. The number of carbonyl (C=O) groups is 1. The predicted molar refractivity (Wildman–Crippen MR) is 106 cm³/mol. The van der Waals surface area contributed by atoms with Crippen LogP contribution in [0.2, 0.25) is 0 Å². The van der Waals surface area contributed by atoms with Gasteiger partial charge >= 0.3 is 5.97 Å². The summed E-state index contributed by atoms with van der Waals surface area (Å²) in [6.07, 6.45) is 11.8. The number of nitrogens with one attached hydrogen (secondary N) is 1. The highest BCUT2D eigenvalue weighted by molar-refractivity contribution is 14.2. The third-order valence-electron chi connectivity index (χ3n) is 4.83. The predicted octanol–water partition coefficient (Wildman–Crippen LogP) is 3.99. The van der Waals surface area contributed by atoms with Gasteiger partial charge in [0.25, 0.3) is 0 Å². The zero-order chi connectivity index (χ0) is 17.4. The molecule has 128 valence electrons. The number of aromatic nitrogens is 3. The zero-order valence-electron chi connectivity index (χ0n) is 13.5. The molecular weight excluding hydrogens is 429 g/mol. The van der Waals surface area contributed by atoms with Crippen molar-refractivity contribution < 1.29 is 9.90 Å². The van der Waals surface area contributed by atoms with E-state index in [0.717, 1.165) is 28.9 Å². The summed E-state index contributed by atoms with van der Waals surface area (Å²) in [6, 6.07) is 3.93. The lowest BCUT2D eigenvalue weighted by molar-refractivity contribution is -0.138. The molecular formula is C19H18IN3O2. The molecule has 2 aromatic rings. The highest BCUT2D eigenvalue weighted by Crippen LogP contribution is 2.51. The maximum atomic E-state index is 11.3. The number of pyridine rings is 1. The molecule has 2 aliphatic carbocycles. The van der Waals surface area contributed by atoms with Crippen LogP contribution in [0.25, 0.3) is 11.1 Å². The zero-order valence-corrected chi connectivity index (χ0v) is 15.7. The summed E-state index contributed by atoms with van der Waals surface area (Å²) >= 11 is -0.140. The Morgan fingerprint density at radius 3 is 2.76 bits per heavy atom. The van der Waals surface area contributed by atoms with Gasteiger partial charge in [0.2, 0.25) is 0 Å². The largest absolute Gasteiger partial charge is 0.481 e. The van der Waals surface area contributed by atoms with Crippen LogP contribution in [0.4, 0.5) is 0 Å². The average Bonchev–Trinajstić information content (AvgIpc) is 3.34. The number of carboxylic acid groups (broad SMARTS) is 1. The van der Waals surface area contributed by atoms with E-state index in [2.05, 4.69) is 37.9 Å². The van der Waals surface area contributed by atoms with E-state index in [1.54, 1.807) is 12.4 Å². The van der Waals surface area contributed by atoms with Gasteiger partial charge in [-0.3, -0.25) is 14.9 Å². The van der Waals surface area contributed by atoms with Crippen molar-refractivity contribution in [2.75, 3.05) is 0 Å². The Morgan fingerprint density at radius 1 is 1.36 bits per heavy atom. The molecule has 2 N–H and O–H groups in total. The van der Waals surface area contributed by atoms with E-state index in [0.29, 0.717) is 6.42 Å². The number of rotatable bonds is 5. The number of carboxylic acids is 1. The number of halogens is 1. The first-order valence-corrected chi connectivity index (χ1v) is 10.8. The van der Waals surface area contributed by atoms with Gasteiger partial charge < -0.3 is 5.11 Å². The smallest absolute Gasteiger partial charge is 0.307 e. The van der Waals surface area contributed by atoms with E-state index in [-0.39, 0.29) is 38.5 Å². The van der Waals surface area contributed by atoms with Gasteiger partial charge in [0, 0.05) is 33.4 Å². The summed E-state index contributed by atoms with van der Waals surface area (Å²) in [5, 5.41) is 17.0. The molecule has 2 heterocycles. The number of hydrogen-bond donors (Lipinski definition) is 2. The normalized spacial score (nSPS) is 24.8. The number of hydrogen-bond acceptors (Lipinski definition) is 3. The van der Waals surface area contributed by atoms with E-state index in [4.69, 9.17) is 0 Å². The lowest BCUT2D eigenvalue weighted by Gasteiger charge is -2.16. The summed E-state index contributed by atoms with van der Waals surface area (Å²) in [7, 11) is 0. The second kappa shape index (κ2) is 6.67. The molecule has 0 amide bonds. The van der Waals surface area contributed by atoms with E-state index >= 15 is 0 Å². The van der Waals surface area contributed by atoms with Crippen LogP contribution in [0.1, 0.15) is 36.1 Å². The Hall–Kier alpha value is -2.09. The second-order valence-corrected chi connectivity index (χ2v) is 8.35. The van der Waals surface area contributed by atoms with Crippen LogP contribution in [0.5, 0.6) is 0 Å². The van der Waals surface area contributed by atoms with Crippen molar-refractivity contribution in [3.8, 4) is 11.1 Å². The number of allylic oxidation sites excluding steroid dienone is 4. The fourth-order valence-electron chi connectivity index (χ4n) is 3.41. The van der Waals surface area contributed by atoms with Crippen LogP contribution >= 0.6 is 20.7 Å². The molecule has 2 aromatic heterocycles. The monoisotopic (exact) mass is 447 g/mol. The lowest BCUT2D eigenvalue weighted by atomic mass is 9.90. The van der Waals surface area contributed by atoms with Crippen LogP contribution in [0.3, 0.4) is 0 Å². The number of aliphatic carboxylic acids is 1. The van der Waals surface area contributed by atoms with Gasteiger partial charge in [-0.15, -0.1) is 0 Å². The van der Waals surface area contributed by atoms with Gasteiger partial charge in [0.05, 0.1) is 17.3 Å². The molecule has 3 unspecified atom stereocenters. The first kappa shape index (κ1) is 16.4. The van der Waals surface area contributed by atoms with Crippen LogP contribution in [0, 0.1) is 5.92 Å². The van der Waals surface area contributed by atoms with Crippen molar-refractivity contribution in [2.24, 2.45) is 5.92 Å². The fraction of sp³-hybridized carbons (Fsp3) is 0.263. The third-order valence-corrected chi connectivity index (χ3v) is 6.51. The van der Waals surface area contributed by atoms with Crippen LogP contribution in [-0.2, 0) is 4.79 Å².